The molecule has 3 aromatic rings. The number of pyridine rings is 2. The highest BCUT2D eigenvalue weighted by Crippen LogP contribution is 2.21. The van der Waals surface area contributed by atoms with E-state index in [1.807, 2.05) is 0 Å². The molecule has 0 aliphatic rings. The van der Waals surface area contributed by atoms with Gasteiger partial charge in [0.05, 0.1) is 11.9 Å². The first-order chi connectivity index (χ1) is 12.4. The van der Waals surface area contributed by atoms with Crippen molar-refractivity contribution < 1.29 is 22.7 Å². The Bertz CT molecular complexity index is 881. The maximum absolute atomic E-state index is 12.3. The highest BCUT2D eigenvalue weighted by Gasteiger charge is 2.29. The predicted molar refractivity (Wildman–Crippen MR) is 82.9 cm³/mol. The molecule has 0 saturated carbocycles. The van der Waals surface area contributed by atoms with Gasteiger partial charge in [-0.25, -0.2) is 19.6 Å². The minimum atomic E-state index is -4.54. The molecule has 1 amide bonds. The fourth-order valence-electron chi connectivity index (χ4n) is 1.95. The number of carbonyl (C=O) groups is 1. The van der Waals surface area contributed by atoms with Gasteiger partial charge in [-0.3, -0.25) is 4.79 Å². The van der Waals surface area contributed by atoms with E-state index in [1.165, 1.54) is 41.9 Å². The largest absolute Gasteiger partial charge is 0.467 e. The Hall–Kier alpha value is -3.50. The van der Waals surface area contributed by atoms with Crippen molar-refractivity contribution in [1.82, 2.24) is 24.7 Å². The van der Waals surface area contributed by atoms with Gasteiger partial charge in [-0.2, -0.15) is 18.3 Å². The summed E-state index contributed by atoms with van der Waals surface area (Å²) in [5.41, 5.74) is 0.210. The average Bonchev–Trinajstić information content (AvgIpc) is 3.15. The normalized spacial score (nSPS) is 11.2. The van der Waals surface area contributed by atoms with Gasteiger partial charge in [0, 0.05) is 6.20 Å². The lowest BCUT2D eigenvalue weighted by molar-refractivity contribution is -0.154. The van der Waals surface area contributed by atoms with E-state index in [2.05, 4.69) is 30.1 Å². The van der Waals surface area contributed by atoms with E-state index in [1.54, 1.807) is 12.1 Å². The summed E-state index contributed by atoms with van der Waals surface area (Å²) in [6, 6.07) is 5.88. The number of halogens is 3. The van der Waals surface area contributed by atoms with Crippen molar-refractivity contribution in [1.29, 1.82) is 0 Å². The maximum atomic E-state index is 12.3. The Kier molecular flexibility index (Phi) is 4.78. The lowest BCUT2D eigenvalue weighted by Gasteiger charge is -2.12. The van der Waals surface area contributed by atoms with Crippen molar-refractivity contribution in [3.63, 3.8) is 0 Å². The molecule has 0 unspecified atom stereocenters. The van der Waals surface area contributed by atoms with Crippen LogP contribution in [0.1, 0.15) is 10.4 Å². The quantitative estimate of drug-likeness (QED) is 0.746. The van der Waals surface area contributed by atoms with Gasteiger partial charge in [0.25, 0.3) is 5.91 Å². The standard InChI is InChI=1S/C15H11F3N6O2/c16-15(17,18)7-26-14-11(2-1-5-20-14)13(25)23-10-3-4-12(21-6-10)24-9-19-8-22-24/h1-6,8-9H,7H2,(H,23,25). The van der Waals surface area contributed by atoms with E-state index >= 15 is 0 Å². The molecule has 0 atom stereocenters. The number of carbonyl (C=O) groups excluding carboxylic acids is 1. The zero-order valence-corrected chi connectivity index (χ0v) is 13.0. The summed E-state index contributed by atoms with van der Waals surface area (Å²) in [6.45, 7) is -1.54. The van der Waals surface area contributed by atoms with Crippen molar-refractivity contribution in [3.8, 4) is 11.7 Å². The molecule has 1 N–H and O–H groups in total. The van der Waals surface area contributed by atoms with Crippen LogP contribution in [0.3, 0.4) is 0 Å². The van der Waals surface area contributed by atoms with Gasteiger partial charge in [0.2, 0.25) is 5.88 Å². The smallest absolute Gasteiger partial charge is 0.422 e. The Morgan fingerprint density at radius 1 is 1.23 bits per heavy atom. The van der Waals surface area contributed by atoms with E-state index in [-0.39, 0.29) is 5.56 Å². The number of alkyl halides is 3. The van der Waals surface area contributed by atoms with Gasteiger partial charge in [0.15, 0.2) is 12.4 Å². The minimum absolute atomic E-state index is 0.128. The first-order valence-corrected chi connectivity index (χ1v) is 7.19. The third-order valence-corrected chi connectivity index (χ3v) is 3.05. The van der Waals surface area contributed by atoms with E-state index in [9.17, 15) is 18.0 Å². The molecule has 134 valence electrons. The van der Waals surface area contributed by atoms with Crippen molar-refractivity contribution in [2.75, 3.05) is 11.9 Å². The topological polar surface area (TPSA) is 94.8 Å². The zero-order valence-electron chi connectivity index (χ0n) is 13.0. The first kappa shape index (κ1) is 17.3. The fraction of sp³-hybridized carbons (Fsp3) is 0.133. The van der Waals surface area contributed by atoms with Gasteiger partial charge in [-0.1, -0.05) is 0 Å². The fourth-order valence-corrected chi connectivity index (χ4v) is 1.95. The molecular formula is C15H11F3N6O2. The SMILES string of the molecule is O=C(Nc1ccc(-n2cncn2)nc1)c1cccnc1OCC(F)(F)F. The van der Waals surface area contributed by atoms with Crippen LogP contribution in [0.25, 0.3) is 5.82 Å². The summed E-state index contributed by atoms with van der Waals surface area (Å²) in [4.78, 5) is 23.9. The van der Waals surface area contributed by atoms with Crippen LogP contribution < -0.4 is 10.1 Å². The summed E-state index contributed by atoms with van der Waals surface area (Å²) in [5, 5.41) is 6.44. The molecule has 0 radical (unpaired) electrons. The predicted octanol–water partition coefficient (Wildman–Crippen LogP) is 2.25. The molecule has 11 heteroatoms. The number of hydrogen-bond acceptors (Lipinski definition) is 6. The third-order valence-electron chi connectivity index (χ3n) is 3.05. The summed E-state index contributed by atoms with van der Waals surface area (Å²) < 4.78 is 42.9. The number of rotatable bonds is 5. The first-order valence-electron chi connectivity index (χ1n) is 7.19. The number of nitrogens with one attached hydrogen (secondary N) is 1. The van der Waals surface area contributed by atoms with Gasteiger partial charge >= 0.3 is 6.18 Å². The Labute approximate surface area is 144 Å². The third kappa shape index (κ3) is 4.32. The second kappa shape index (κ2) is 7.17. The van der Waals surface area contributed by atoms with E-state index in [4.69, 9.17) is 0 Å². The van der Waals surface area contributed by atoms with E-state index in [0.29, 0.717) is 11.5 Å². The van der Waals surface area contributed by atoms with Crippen LogP contribution in [0.5, 0.6) is 5.88 Å². The molecule has 0 saturated heterocycles. The van der Waals surface area contributed by atoms with Gasteiger partial charge in [-0.05, 0) is 24.3 Å². The van der Waals surface area contributed by atoms with Crippen molar-refractivity contribution >= 4 is 11.6 Å². The number of hydrogen-bond donors (Lipinski definition) is 1. The molecule has 0 fully saturated rings. The maximum Gasteiger partial charge on any atom is 0.422 e. The zero-order chi connectivity index (χ0) is 18.6. The second-order valence-corrected chi connectivity index (χ2v) is 4.96. The minimum Gasteiger partial charge on any atom is -0.467 e. The van der Waals surface area contributed by atoms with Crippen molar-refractivity contribution in [3.05, 3.63) is 54.9 Å². The lowest BCUT2D eigenvalue weighted by Crippen LogP contribution is -2.22. The molecule has 0 spiro atoms. The number of nitrogens with zero attached hydrogens (tertiary/aromatic N) is 5. The molecule has 26 heavy (non-hydrogen) atoms. The van der Waals surface area contributed by atoms with Crippen LogP contribution in [-0.2, 0) is 0 Å². The number of anilines is 1. The monoisotopic (exact) mass is 364 g/mol. The lowest BCUT2D eigenvalue weighted by atomic mass is 10.2. The van der Waals surface area contributed by atoms with Gasteiger partial charge < -0.3 is 10.1 Å². The van der Waals surface area contributed by atoms with Crippen LogP contribution in [0.4, 0.5) is 18.9 Å². The van der Waals surface area contributed by atoms with Crippen molar-refractivity contribution in [2.45, 2.75) is 6.18 Å². The average molecular weight is 364 g/mol. The Morgan fingerprint density at radius 2 is 2.08 bits per heavy atom. The summed E-state index contributed by atoms with van der Waals surface area (Å²) in [6.07, 6.45) is 0.883. The van der Waals surface area contributed by atoms with Crippen molar-refractivity contribution in [2.24, 2.45) is 0 Å². The van der Waals surface area contributed by atoms with E-state index < -0.39 is 24.6 Å². The number of amides is 1. The Morgan fingerprint density at radius 3 is 2.73 bits per heavy atom. The molecule has 0 bridgehead atoms. The molecular weight excluding hydrogens is 353 g/mol. The molecule has 3 rings (SSSR count). The molecule has 0 aromatic carbocycles. The summed E-state index contributed by atoms with van der Waals surface area (Å²) in [7, 11) is 0. The van der Waals surface area contributed by atoms with E-state index in [0.717, 1.165) is 0 Å². The number of ether oxygens (including phenoxy) is 1. The van der Waals surface area contributed by atoms with Crippen LogP contribution in [0.2, 0.25) is 0 Å². The van der Waals surface area contributed by atoms with Crippen LogP contribution in [0, 0.1) is 0 Å². The summed E-state index contributed by atoms with van der Waals surface area (Å²) in [5.74, 6) is -0.601. The second-order valence-electron chi connectivity index (χ2n) is 4.96. The highest BCUT2D eigenvalue weighted by molar-refractivity contribution is 6.05. The molecule has 0 aliphatic heterocycles. The van der Waals surface area contributed by atoms with Crippen LogP contribution in [0.15, 0.2) is 49.3 Å². The van der Waals surface area contributed by atoms with Crippen LogP contribution in [-0.4, -0.2) is 43.4 Å². The Balaban J connectivity index is 1.72. The van der Waals surface area contributed by atoms with Crippen LogP contribution >= 0.6 is 0 Å². The highest BCUT2D eigenvalue weighted by atomic mass is 19.4. The summed E-state index contributed by atoms with van der Waals surface area (Å²) >= 11 is 0. The molecule has 3 heterocycles. The molecule has 0 aliphatic carbocycles. The van der Waals surface area contributed by atoms with Gasteiger partial charge in [-0.15, -0.1) is 0 Å². The number of aromatic nitrogens is 5. The molecule has 8 nitrogen and oxygen atoms in total. The van der Waals surface area contributed by atoms with Gasteiger partial charge in [0.1, 0.15) is 18.2 Å². The molecule has 3 aromatic heterocycles.